The van der Waals surface area contributed by atoms with Gasteiger partial charge in [0.25, 0.3) is 5.91 Å². The molecule has 0 aromatic carbocycles. The number of hydrogen-bond donors (Lipinski definition) is 1. The standard InChI is InChI=1S/C14H21N5O/c1-5-12(11-8-15-18(4)9-11)16-14(20)13-6-7-19(17-13)10(2)3/h6-10,12H,5H2,1-4H3,(H,16,20)/t12-/m0/s1. The van der Waals surface area contributed by atoms with Crippen molar-refractivity contribution in [1.29, 1.82) is 0 Å². The molecule has 0 saturated heterocycles. The zero-order valence-electron chi connectivity index (χ0n) is 12.4. The Hall–Kier alpha value is -2.11. The van der Waals surface area contributed by atoms with Crippen LogP contribution in [-0.2, 0) is 7.05 Å². The molecule has 0 aliphatic rings. The largest absolute Gasteiger partial charge is 0.344 e. The summed E-state index contributed by atoms with van der Waals surface area (Å²) in [6.07, 6.45) is 6.33. The maximum Gasteiger partial charge on any atom is 0.272 e. The van der Waals surface area contributed by atoms with Crippen molar-refractivity contribution in [3.8, 4) is 0 Å². The Kier molecular flexibility index (Phi) is 4.22. The highest BCUT2D eigenvalue weighted by Gasteiger charge is 2.17. The average Bonchev–Trinajstić information content (AvgIpc) is 3.04. The highest BCUT2D eigenvalue weighted by molar-refractivity contribution is 5.92. The van der Waals surface area contributed by atoms with E-state index in [1.807, 2.05) is 40.2 Å². The highest BCUT2D eigenvalue weighted by Crippen LogP contribution is 2.16. The fraction of sp³-hybridized carbons (Fsp3) is 0.500. The highest BCUT2D eigenvalue weighted by atomic mass is 16.2. The number of nitrogens with one attached hydrogen (secondary N) is 1. The summed E-state index contributed by atoms with van der Waals surface area (Å²) in [5.41, 5.74) is 1.45. The van der Waals surface area contributed by atoms with Crippen LogP contribution in [0.3, 0.4) is 0 Å². The van der Waals surface area contributed by atoms with Crippen LogP contribution in [0.15, 0.2) is 24.7 Å². The third kappa shape index (κ3) is 3.07. The predicted molar refractivity (Wildman–Crippen MR) is 76.3 cm³/mol. The second kappa shape index (κ2) is 5.90. The smallest absolute Gasteiger partial charge is 0.272 e. The zero-order valence-corrected chi connectivity index (χ0v) is 12.4. The van der Waals surface area contributed by atoms with Gasteiger partial charge in [-0.2, -0.15) is 10.2 Å². The number of nitrogens with zero attached hydrogens (tertiary/aromatic N) is 4. The average molecular weight is 275 g/mol. The van der Waals surface area contributed by atoms with Gasteiger partial charge in [0.15, 0.2) is 0 Å². The monoisotopic (exact) mass is 275 g/mol. The fourth-order valence-corrected chi connectivity index (χ4v) is 2.02. The summed E-state index contributed by atoms with van der Waals surface area (Å²) in [4.78, 5) is 12.2. The van der Waals surface area contributed by atoms with E-state index in [4.69, 9.17) is 0 Å². The summed E-state index contributed by atoms with van der Waals surface area (Å²) in [6.45, 7) is 6.09. The first kappa shape index (κ1) is 14.3. The first-order valence-electron chi connectivity index (χ1n) is 6.85. The van der Waals surface area contributed by atoms with Gasteiger partial charge in [0.1, 0.15) is 5.69 Å². The number of aromatic nitrogens is 4. The number of aryl methyl sites for hydroxylation is 1. The van der Waals surface area contributed by atoms with E-state index in [1.165, 1.54) is 0 Å². The first-order valence-corrected chi connectivity index (χ1v) is 6.85. The minimum atomic E-state index is -0.153. The maximum absolute atomic E-state index is 12.2. The second-order valence-electron chi connectivity index (χ2n) is 5.16. The number of carbonyl (C=O) groups excluding carboxylic acids is 1. The molecule has 0 unspecified atom stereocenters. The molecule has 2 aromatic rings. The molecule has 20 heavy (non-hydrogen) atoms. The molecule has 0 bridgehead atoms. The van der Waals surface area contributed by atoms with Gasteiger partial charge in [0, 0.05) is 31.0 Å². The third-order valence-corrected chi connectivity index (χ3v) is 3.21. The Morgan fingerprint density at radius 3 is 2.70 bits per heavy atom. The third-order valence-electron chi connectivity index (χ3n) is 3.21. The summed E-state index contributed by atoms with van der Waals surface area (Å²) in [7, 11) is 1.86. The van der Waals surface area contributed by atoms with Gasteiger partial charge < -0.3 is 5.32 Å². The van der Waals surface area contributed by atoms with E-state index >= 15 is 0 Å². The molecule has 0 aliphatic heterocycles. The Morgan fingerprint density at radius 1 is 1.45 bits per heavy atom. The molecule has 0 aliphatic carbocycles. The lowest BCUT2D eigenvalue weighted by Crippen LogP contribution is -2.28. The molecule has 2 rings (SSSR count). The van der Waals surface area contributed by atoms with Crippen LogP contribution in [0.2, 0.25) is 0 Å². The van der Waals surface area contributed by atoms with E-state index in [-0.39, 0.29) is 18.0 Å². The molecular formula is C14H21N5O. The van der Waals surface area contributed by atoms with Crippen molar-refractivity contribution in [2.24, 2.45) is 7.05 Å². The van der Waals surface area contributed by atoms with E-state index < -0.39 is 0 Å². The predicted octanol–water partition coefficient (Wildman–Crippen LogP) is 2.08. The minimum absolute atomic E-state index is 0.0413. The molecule has 2 heterocycles. The molecule has 108 valence electrons. The molecule has 1 N–H and O–H groups in total. The van der Waals surface area contributed by atoms with Gasteiger partial charge in [-0.05, 0) is 26.3 Å². The molecule has 0 saturated carbocycles. The summed E-state index contributed by atoms with van der Waals surface area (Å²) in [5, 5.41) is 11.4. The quantitative estimate of drug-likeness (QED) is 0.908. The van der Waals surface area contributed by atoms with Crippen LogP contribution in [0.4, 0.5) is 0 Å². The minimum Gasteiger partial charge on any atom is -0.344 e. The number of rotatable bonds is 5. The van der Waals surface area contributed by atoms with Crippen molar-refractivity contribution in [3.63, 3.8) is 0 Å². The molecule has 6 nitrogen and oxygen atoms in total. The Labute approximate surface area is 118 Å². The molecule has 2 aromatic heterocycles. The number of carbonyl (C=O) groups is 1. The van der Waals surface area contributed by atoms with Crippen LogP contribution < -0.4 is 5.32 Å². The number of amides is 1. The Balaban J connectivity index is 2.08. The van der Waals surface area contributed by atoms with E-state index in [0.29, 0.717) is 5.69 Å². The maximum atomic E-state index is 12.2. The van der Waals surface area contributed by atoms with Crippen LogP contribution >= 0.6 is 0 Å². The molecule has 0 fully saturated rings. The van der Waals surface area contributed by atoms with Crippen LogP contribution in [0, 0.1) is 0 Å². The summed E-state index contributed by atoms with van der Waals surface area (Å²) in [5.74, 6) is -0.153. The van der Waals surface area contributed by atoms with Gasteiger partial charge in [-0.15, -0.1) is 0 Å². The van der Waals surface area contributed by atoms with Gasteiger partial charge >= 0.3 is 0 Å². The lowest BCUT2D eigenvalue weighted by atomic mass is 10.1. The number of hydrogen-bond acceptors (Lipinski definition) is 3. The van der Waals surface area contributed by atoms with E-state index in [9.17, 15) is 4.79 Å². The van der Waals surface area contributed by atoms with Crippen LogP contribution in [0.25, 0.3) is 0 Å². The topological polar surface area (TPSA) is 64.7 Å². The van der Waals surface area contributed by atoms with Gasteiger partial charge in [0.05, 0.1) is 12.2 Å². The molecule has 6 heteroatoms. The summed E-state index contributed by atoms with van der Waals surface area (Å²) >= 11 is 0. The Morgan fingerprint density at radius 2 is 2.20 bits per heavy atom. The lowest BCUT2D eigenvalue weighted by molar-refractivity contribution is 0.0929. The fourth-order valence-electron chi connectivity index (χ4n) is 2.02. The summed E-state index contributed by atoms with van der Waals surface area (Å²) < 4.78 is 3.51. The molecule has 0 spiro atoms. The van der Waals surface area contributed by atoms with Crippen molar-refractivity contribution in [2.75, 3.05) is 0 Å². The van der Waals surface area contributed by atoms with Crippen molar-refractivity contribution < 1.29 is 4.79 Å². The van der Waals surface area contributed by atoms with Crippen LogP contribution in [0.1, 0.15) is 55.3 Å². The van der Waals surface area contributed by atoms with Crippen LogP contribution in [-0.4, -0.2) is 25.5 Å². The van der Waals surface area contributed by atoms with Gasteiger partial charge in [-0.25, -0.2) is 0 Å². The van der Waals surface area contributed by atoms with E-state index in [2.05, 4.69) is 15.5 Å². The van der Waals surface area contributed by atoms with E-state index in [0.717, 1.165) is 12.0 Å². The van der Waals surface area contributed by atoms with Gasteiger partial charge in [-0.3, -0.25) is 14.2 Å². The van der Waals surface area contributed by atoms with Crippen molar-refractivity contribution in [1.82, 2.24) is 24.9 Å². The lowest BCUT2D eigenvalue weighted by Gasteiger charge is -2.14. The van der Waals surface area contributed by atoms with Gasteiger partial charge in [-0.1, -0.05) is 6.92 Å². The Bertz CT molecular complexity index is 584. The summed E-state index contributed by atoms with van der Waals surface area (Å²) in [6, 6.07) is 1.95. The normalized spacial score (nSPS) is 12.7. The van der Waals surface area contributed by atoms with Crippen LogP contribution in [0.5, 0.6) is 0 Å². The zero-order chi connectivity index (χ0) is 14.7. The molecular weight excluding hydrogens is 254 g/mol. The van der Waals surface area contributed by atoms with Crippen molar-refractivity contribution >= 4 is 5.91 Å². The SMILES string of the molecule is CC[C@H](NC(=O)c1ccn(C(C)C)n1)c1cnn(C)c1. The molecule has 1 amide bonds. The molecule has 1 atom stereocenters. The second-order valence-corrected chi connectivity index (χ2v) is 5.16. The van der Waals surface area contributed by atoms with Crippen molar-refractivity contribution in [3.05, 3.63) is 35.9 Å². The van der Waals surface area contributed by atoms with Gasteiger partial charge in [0.2, 0.25) is 0 Å². The van der Waals surface area contributed by atoms with Crippen molar-refractivity contribution in [2.45, 2.75) is 39.3 Å². The van der Waals surface area contributed by atoms with E-state index in [1.54, 1.807) is 21.6 Å². The first-order chi connectivity index (χ1) is 9.51. The molecule has 0 radical (unpaired) electrons.